The van der Waals surface area contributed by atoms with E-state index in [0.717, 1.165) is 12.8 Å². The minimum absolute atomic E-state index is 0.275. The summed E-state index contributed by atoms with van der Waals surface area (Å²) < 4.78 is 0. The summed E-state index contributed by atoms with van der Waals surface area (Å²) in [5, 5.41) is 8.89. The summed E-state index contributed by atoms with van der Waals surface area (Å²) >= 11 is 0. The van der Waals surface area contributed by atoms with Gasteiger partial charge in [0, 0.05) is 5.56 Å². The van der Waals surface area contributed by atoms with Crippen molar-refractivity contribution in [1.82, 2.24) is 5.48 Å². The fraction of sp³-hybridized carbons (Fsp3) is 0.467. The van der Waals surface area contributed by atoms with E-state index in [1.165, 1.54) is 0 Å². The smallest absolute Gasteiger partial charge is 0.306 e. The summed E-state index contributed by atoms with van der Waals surface area (Å²) in [4.78, 5) is 27.5. The number of unbranched alkanes of at least 4 members (excludes halogenated alkanes) is 1. The van der Waals surface area contributed by atoms with Crippen LogP contribution in [0.4, 0.5) is 0 Å². The first-order valence-corrected chi connectivity index (χ1v) is 6.85. The Labute approximate surface area is 118 Å². The Balaban J connectivity index is 2.11. The Morgan fingerprint density at radius 1 is 1.25 bits per heavy atom. The number of hydroxylamine groups is 1. The maximum Gasteiger partial charge on any atom is 0.306 e. The highest BCUT2D eigenvalue weighted by Gasteiger charge is 2.13. The SMILES string of the molecule is CCC(CCCCONC(=O)c1ccccc1)C(=O)O. The van der Waals surface area contributed by atoms with Gasteiger partial charge in [-0.3, -0.25) is 14.4 Å². The van der Waals surface area contributed by atoms with Crippen LogP contribution in [-0.4, -0.2) is 23.6 Å². The minimum atomic E-state index is -0.745. The number of carbonyl (C=O) groups excluding carboxylic acids is 1. The van der Waals surface area contributed by atoms with Gasteiger partial charge in [-0.1, -0.05) is 31.5 Å². The minimum Gasteiger partial charge on any atom is -0.481 e. The molecule has 0 radical (unpaired) electrons. The van der Waals surface area contributed by atoms with Crippen molar-refractivity contribution in [3.63, 3.8) is 0 Å². The summed E-state index contributed by atoms with van der Waals surface area (Å²) in [6.45, 7) is 2.25. The van der Waals surface area contributed by atoms with Gasteiger partial charge in [0.25, 0.3) is 5.91 Å². The van der Waals surface area contributed by atoms with E-state index >= 15 is 0 Å². The fourth-order valence-electron chi connectivity index (χ4n) is 1.83. The van der Waals surface area contributed by atoms with E-state index in [2.05, 4.69) is 5.48 Å². The highest BCUT2D eigenvalue weighted by molar-refractivity contribution is 5.93. The maximum atomic E-state index is 11.6. The molecule has 2 N–H and O–H groups in total. The lowest BCUT2D eigenvalue weighted by molar-refractivity contribution is -0.142. The van der Waals surface area contributed by atoms with E-state index in [9.17, 15) is 9.59 Å². The summed E-state index contributed by atoms with van der Waals surface area (Å²) in [7, 11) is 0. The van der Waals surface area contributed by atoms with Gasteiger partial charge < -0.3 is 5.11 Å². The molecule has 0 fully saturated rings. The highest BCUT2D eigenvalue weighted by Crippen LogP contribution is 2.12. The standard InChI is InChI=1S/C15H21NO4/c1-2-12(15(18)19)8-6-7-11-20-16-14(17)13-9-4-3-5-10-13/h3-5,9-10,12H,2,6-8,11H2,1H3,(H,16,17)(H,18,19). The predicted octanol–water partition coefficient (Wildman–Crippen LogP) is 2.63. The van der Waals surface area contributed by atoms with Gasteiger partial charge in [0.1, 0.15) is 0 Å². The van der Waals surface area contributed by atoms with Crippen LogP contribution in [0.5, 0.6) is 0 Å². The zero-order valence-electron chi connectivity index (χ0n) is 11.7. The molecule has 0 aliphatic carbocycles. The Bertz CT molecular complexity index is 419. The number of hydrogen-bond donors (Lipinski definition) is 2. The topological polar surface area (TPSA) is 75.6 Å². The summed E-state index contributed by atoms with van der Waals surface area (Å²) in [5.41, 5.74) is 2.91. The average Bonchev–Trinajstić information content (AvgIpc) is 2.46. The molecule has 0 saturated heterocycles. The number of benzene rings is 1. The predicted molar refractivity (Wildman–Crippen MR) is 75.1 cm³/mol. The van der Waals surface area contributed by atoms with Gasteiger partial charge in [0.2, 0.25) is 0 Å². The van der Waals surface area contributed by atoms with Gasteiger partial charge in [0.05, 0.1) is 12.5 Å². The first kappa shape index (κ1) is 16.2. The number of carbonyl (C=O) groups is 2. The molecule has 20 heavy (non-hydrogen) atoms. The van der Waals surface area contributed by atoms with Crippen molar-refractivity contribution in [2.75, 3.05) is 6.61 Å². The van der Waals surface area contributed by atoms with E-state index in [0.29, 0.717) is 25.0 Å². The molecule has 110 valence electrons. The molecule has 5 heteroatoms. The van der Waals surface area contributed by atoms with E-state index in [1.54, 1.807) is 24.3 Å². The van der Waals surface area contributed by atoms with Crippen molar-refractivity contribution in [1.29, 1.82) is 0 Å². The lowest BCUT2D eigenvalue weighted by Gasteiger charge is -2.09. The van der Waals surface area contributed by atoms with Crippen molar-refractivity contribution in [3.8, 4) is 0 Å². The Kier molecular flexibility index (Phi) is 7.35. The summed E-state index contributed by atoms with van der Waals surface area (Å²) in [6, 6.07) is 8.82. The Morgan fingerprint density at radius 3 is 2.55 bits per heavy atom. The van der Waals surface area contributed by atoms with E-state index in [-0.39, 0.29) is 11.8 Å². The molecule has 0 bridgehead atoms. The summed E-state index contributed by atoms with van der Waals surface area (Å²) in [6.07, 6.45) is 2.77. The Hall–Kier alpha value is -1.88. The number of nitrogens with one attached hydrogen (secondary N) is 1. The number of amides is 1. The van der Waals surface area contributed by atoms with Gasteiger partial charge in [0.15, 0.2) is 0 Å². The number of rotatable bonds is 9. The van der Waals surface area contributed by atoms with Crippen molar-refractivity contribution in [2.45, 2.75) is 32.6 Å². The number of aliphatic carboxylic acids is 1. The van der Waals surface area contributed by atoms with Crippen LogP contribution < -0.4 is 5.48 Å². The van der Waals surface area contributed by atoms with Gasteiger partial charge in [-0.25, -0.2) is 5.48 Å². The number of carboxylic acids is 1. The van der Waals surface area contributed by atoms with Gasteiger partial charge >= 0.3 is 5.97 Å². The molecular weight excluding hydrogens is 258 g/mol. The van der Waals surface area contributed by atoms with Crippen LogP contribution in [0, 0.1) is 5.92 Å². The molecule has 5 nitrogen and oxygen atoms in total. The second-order valence-corrected chi connectivity index (χ2v) is 4.58. The molecule has 0 aromatic heterocycles. The van der Waals surface area contributed by atoms with Gasteiger partial charge in [-0.2, -0.15) is 0 Å². The quantitative estimate of drug-likeness (QED) is 0.538. The van der Waals surface area contributed by atoms with Crippen LogP contribution in [0.1, 0.15) is 43.0 Å². The molecule has 1 unspecified atom stereocenters. The first-order chi connectivity index (χ1) is 9.65. The molecule has 1 aromatic carbocycles. The van der Waals surface area contributed by atoms with E-state index < -0.39 is 5.97 Å². The molecule has 1 atom stereocenters. The molecule has 0 aliphatic rings. The molecule has 0 aliphatic heterocycles. The average molecular weight is 279 g/mol. The van der Waals surface area contributed by atoms with Crippen LogP contribution >= 0.6 is 0 Å². The van der Waals surface area contributed by atoms with Crippen molar-refractivity contribution in [2.24, 2.45) is 5.92 Å². The molecular formula is C15H21NO4. The molecule has 0 saturated carbocycles. The van der Waals surface area contributed by atoms with Crippen molar-refractivity contribution >= 4 is 11.9 Å². The third-order valence-corrected chi connectivity index (χ3v) is 3.09. The summed E-state index contributed by atoms with van der Waals surface area (Å²) in [5.74, 6) is -1.30. The zero-order chi connectivity index (χ0) is 14.8. The second kappa shape index (κ2) is 9.09. The largest absolute Gasteiger partial charge is 0.481 e. The van der Waals surface area contributed by atoms with Gasteiger partial charge in [-0.05, 0) is 31.4 Å². The lowest BCUT2D eigenvalue weighted by atomic mass is 10.00. The maximum absolute atomic E-state index is 11.6. The van der Waals surface area contributed by atoms with Crippen LogP contribution in [-0.2, 0) is 9.63 Å². The van der Waals surface area contributed by atoms with Crippen LogP contribution in [0.3, 0.4) is 0 Å². The molecule has 0 spiro atoms. The van der Waals surface area contributed by atoms with Crippen LogP contribution in [0.25, 0.3) is 0 Å². The number of hydrogen-bond acceptors (Lipinski definition) is 3. The molecule has 1 rings (SSSR count). The molecule has 0 heterocycles. The highest BCUT2D eigenvalue weighted by atomic mass is 16.6. The van der Waals surface area contributed by atoms with E-state index in [1.807, 2.05) is 13.0 Å². The second-order valence-electron chi connectivity index (χ2n) is 4.58. The van der Waals surface area contributed by atoms with Crippen LogP contribution in [0.15, 0.2) is 30.3 Å². The monoisotopic (exact) mass is 279 g/mol. The normalized spacial score (nSPS) is 11.8. The third-order valence-electron chi connectivity index (χ3n) is 3.09. The first-order valence-electron chi connectivity index (χ1n) is 6.85. The van der Waals surface area contributed by atoms with Crippen molar-refractivity contribution in [3.05, 3.63) is 35.9 Å². The fourth-order valence-corrected chi connectivity index (χ4v) is 1.83. The number of carboxylic acid groups (broad SMARTS) is 1. The third kappa shape index (κ3) is 5.84. The lowest BCUT2D eigenvalue weighted by Crippen LogP contribution is -2.24. The van der Waals surface area contributed by atoms with E-state index in [4.69, 9.17) is 9.94 Å². The van der Waals surface area contributed by atoms with Crippen molar-refractivity contribution < 1.29 is 19.5 Å². The zero-order valence-corrected chi connectivity index (χ0v) is 11.7. The molecule has 1 aromatic rings. The molecule has 1 amide bonds. The Morgan fingerprint density at radius 2 is 1.95 bits per heavy atom. The van der Waals surface area contributed by atoms with Gasteiger partial charge in [-0.15, -0.1) is 0 Å². The van der Waals surface area contributed by atoms with Crippen LogP contribution in [0.2, 0.25) is 0 Å².